The number of piperazine rings is 1. The maximum atomic E-state index is 14.1. The van der Waals surface area contributed by atoms with E-state index >= 15 is 0 Å². The van der Waals surface area contributed by atoms with Crippen molar-refractivity contribution in [2.75, 3.05) is 23.9 Å². The Kier molecular flexibility index (Phi) is 8.79. The number of para-hydroxylation sites is 1. The van der Waals surface area contributed by atoms with Crippen LogP contribution >= 0.6 is 23.2 Å². The molecule has 0 radical (unpaired) electrons. The van der Waals surface area contributed by atoms with Gasteiger partial charge in [-0.25, -0.2) is 8.42 Å². The molecular weight excluding hydrogens is 581 g/mol. The summed E-state index contributed by atoms with van der Waals surface area (Å²) >= 11 is 13.0. The summed E-state index contributed by atoms with van der Waals surface area (Å²) in [5, 5.41) is 0.423. The molecule has 1 aliphatic rings. The van der Waals surface area contributed by atoms with E-state index in [-0.39, 0.29) is 33.0 Å². The topological polar surface area (TPSA) is 78.0 Å². The number of amides is 2. The third kappa shape index (κ3) is 6.55. The van der Waals surface area contributed by atoms with Crippen LogP contribution in [-0.2, 0) is 21.4 Å². The molecule has 0 aliphatic carbocycles. The number of hydrogen-bond acceptors (Lipinski definition) is 4. The van der Waals surface area contributed by atoms with Crippen LogP contribution in [0.25, 0.3) is 0 Å². The lowest BCUT2D eigenvalue weighted by Crippen LogP contribution is -2.63. The number of sulfonamides is 1. The molecule has 3 aromatic rings. The lowest BCUT2D eigenvalue weighted by Gasteiger charge is -2.48. The third-order valence-electron chi connectivity index (χ3n) is 7.12. The third-order valence-corrected chi connectivity index (χ3v) is 9.53. The Hall–Kier alpha value is -3.07. The van der Waals surface area contributed by atoms with Gasteiger partial charge in [0.2, 0.25) is 5.91 Å². The molecule has 218 valence electrons. The van der Waals surface area contributed by atoms with Crippen LogP contribution in [0.15, 0.2) is 77.7 Å². The molecule has 1 fully saturated rings. The van der Waals surface area contributed by atoms with Crippen molar-refractivity contribution in [1.82, 2.24) is 9.80 Å². The Morgan fingerprint density at radius 2 is 1.54 bits per heavy atom. The molecule has 0 atom stereocenters. The van der Waals surface area contributed by atoms with Gasteiger partial charge >= 0.3 is 0 Å². The van der Waals surface area contributed by atoms with Crippen LogP contribution in [0.5, 0.6) is 0 Å². The lowest BCUT2D eigenvalue weighted by molar-refractivity contribution is -0.143. The zero-order chi connectivity index (χ0) is 30.2. The fourth-order valence-corrected chi connectivity index (χ4v) is 6.97. The molecular formula is C31H35Cl2N3O4S. The zero-order valence-electron chi connectivity index (χ0n) is 23.9. The normalized spacial score (nSPS) is 15.5. The van der Waals surface area contributed by atoms with Crippen LogP contribution in [0.3, 0.4) is 0 Å². The molecule has 1 heterocycles. The maximum absolute atomic E-state index is 14.1. The summed E-state index contributed by atoms with van der Waals surface area (Å²) in [5.74, 6) is -0.380. The van der Waals surface area contributed by atoms with E-state index in [2.05, 4.69) is 0 Å². The first kappa shape index (κ1) is 30.9. The van der Waals surface area contributed by atoms with E-state index in [1.165, 1.54) is 22.5 Å². The van der Waals surface area contributed by atoms with Crippen molar-refractivity contribution >= 4 is 50.7 Å². The summed E-state index contributed by atoms with van der Waals surface area (Å²) in [6.07, 6.45) is 0. The summed E-state index contributed by atoms with van der Waals surface area (Å²) in [6.45, 7) is 10.4. The Bertz CT molecular complexity index is 1550. The van der Waals surface area contributed by atoms with Crippen molar-refractivity contribution in [3.8, 4) is 0 Å². The SMILES string of the molecule is CC(C)(C)C(=O)N1CCN(C(=O)c2cc(S(=O)(=O)N(Cc3ccccc3)c3ccccc3Cl)ccc2Cl)C(C)(C)C1. The second-order valence-corrected chi connectivity index (χ2v) is 14.5. The number of halogens is 2. The molecule has 0 unspecified atom stereocenters. The van der Waals surface area contributed by atoms with Crippen LogP contribution < -0.4 is 4.31 Å². The molecule has 0 bridgehead atoms. The molecule has 0 N–H and O–H groups in total. The van der Waals surface area contributed by atoms with Crippen LogP contribution in [0.2, 0.25) is 10.0 Å². The molecule has 3 aromatic carbocycles. The minimum absolute atomic E-state index is 0.0156. The van der Waals surface area contributed by atoms with Crippen molar-refractivity contribution in [3.63, 3.8) is 0 Å². The fourth-order valence-electron chi connectivity index (χ4n) is 4.98. The minimum atomic E-state index is -4.18. The molecule has 0 spiro atoms. The first-order valence-corrected chi connectivity index (χ1v) is 15.5. The molecule has 4 rings (SSSR count). The van der Waals surface area contributed by atoms with Gasteiger partial charge in [0.1, 0.15) is 0 Å². The van der Waals surface area contributed by atoms with Crippen molar-refractivity contribution in [3.05, 3.63) is 94.0 Å². The van der Waals surface area contributed by atoms with E-state index in [1.54, 1.807) is 34.1 Å². The number of anilines is 1. The highest BCUT2D eigenvalue weighted by Crippen LogP contribution is 2.34. The van der Waals surface area contributed by atoms with Gasteiger partial charge < -0.3 is 9.80 Å². The molecule has 10 heteroatoms. The van der Waals surface area contributed by atoms with Crippen LogP contribution in [0.4, 0.5) is 5.69 Å². The quantitative estimate of drug-likeness (QED) is 0.317. The van der Waals surface area contributed by atoms with Crippen molar-refractivity contribution in [2.45, 2.75) is 51.6 Å². The average molecular weight is 617 g/mol. The maximum Gasteiger partial charge on any atom is 0.264 e. The largest absolute Gasteiger partial charge is 0.338 e. The van der Waals surface area contributed by atoms with E-state index in [9.17, 15) is 18.0 Å². The van der Waals surface area contributed by atoms with Crippen LogP contribution in [0, 0.1) is 5.41 Å². The summed E-state index contributed by atoms with van der Waals surface area (Å²) in [7, 11) is -4.18. The first-order valence-electron chi connectivity index (χ1n) is 13.3. The van der Waals surface area contributed by atoms with E-state index in [0.717, 1.165) is 5.56 Å². The number of carbonyl (C=O) groups excluding carboxylic acids is 2. The van der Waals surface area contributed by atoms with Crippen molar-refractivity contribution in [1.29, 1.82) is 0 Å². The van der Waals surface area contributed by atoms with Crippen LogP contribution in [-0.4, -0.2) is 55.2 Å². The van der Waals surface area contributed by atoms with E-state index in [4.69, 9.17) is 23.2 Å². The van der Waals surface area contributed by atoms with Gasteiger partial charge in [0, 0.05) is 25.0 Å². The highest BCUT2D eigenvalue weighted by molar-refractivity contribution is 7.92. The minimum Gasteiger partial charge on any atom is -0.338 e. The van der Waals surface area contributed by atoms with Gasteiger partial charge in [0.05, 0.1) is 38.3 Å². The number of hydrogen-bond donors (Lipinski definition) is 0. The van der Waals surface area contributed by atoms with Gasteiger partial charge in [-0.15, -0.1) is 0 Å². The molecule has 0 saturated carbocycles. The Morgan fingerprint density at radius 1 is 0.902 bits per heavy atom. The van der Waals surface area contributed by atoms with Gasteiger partial charge in [-0.05, 0) is 49.7 Å². The van der Waals surface area contributed by atoms with Gasteiger partial charge in [-0.2, -0.15) is 0 Å². The average Bonchev–Trinajstić information content (AvgIpc) is 2.91. The van der Waals surface area contributed by atoms with Crippen molar-refractivity contribution < 1.29 is 18.0 Å². The Morgan fingerprint density at radius 3 is 2.15 bits per heavy atom. The second-order valence-electron chi connectivity index (χ2n) is 11.8. The molecule has 41 heavy (non-hydrogen) atoms. The summed E-state index contributed by atoms with van der Waals surface area (Å²) in [5.41, 5.74) is -0.0741. The molecule has 1 saturated heterocycles. The molecule has 0 aromatic heterocycles. The molecule has 1 aliphatic heterocycles. The number of benzene rings is 3. The van der Waals surface area contributed by atoms with E-state index < -0.39 is 26.9 Å². The monoisotopic (exact) mass is 615 g/mol. The van der Waals surface area contributed by atoms with Gasteiger partial charge in [0.15, 0.2) is 0 Å². The molecule has 2 amide bonds. The smallest absolute Gasteiger partial charge is 0.264 e. The highest BCUT2D eigenvalue weighted by atomic mass is 35.5. The summed E-state index contributed by atoms with van der Waals surface area (Å²) in [4.78, 5) is 30.2. The fraction of sp³-hybridized carbons (Fsp3) is 0.355. The van der Waals surface area contributed by atoms with Crippen molar-refractivity contribution in [2.24, 2.45) is 5.41 Å². The number of rotatable bonds is 6. The molecule has 7 nitrogen and oxygen atoms in total. The lowest BCUT2D eigenvalue weighted by atomic mass is 9.91. The highest BCUT2D eigenvalue weighted by Gasteiger charge is 2.41. The summed E-state index contributed by atoms with van der Waals surface area (Å²) in [6, 6.07) is 20.1. The predicted molar refractivity (Wildman–Crippen MR) is 164 cm³/mol. The van der Waals surface area contributed by atoms with Gasteiger partial charge in [-0.3, -0.25) is 13.9 Å². The van der Waals surface area contributed by atoms with E-state index in [0.29, 0.717) is 25.3 Å². The predicted octanol–water partition coefficient (Wildman–Crippen LogP) is 6.50. The second kappa shape index (κ2) is 11.7. The Balaban J connectivity index is 1.70. The van der Waals surface area contributed by atoms with E-state index in [1.807, 2.05) is 65.0 Å². The standard InChI is InChI=1S/C31H35Cl2N3O4S/c1-30(2,3)29(38)34-17-18-35(31(4,5)21-34)28(37)24-19-23(15-16-25(24)32)41(39,40)36(20-22-11-7-6-8-12-22)27-14-10-9-13-26(27)33/h6-16,19H,17-18,20-21H2,1-5H3. The van der Waals surface area contributed by atoms with Gasteiger partial charge in [-0.1, -0.05) is 86.4 Å². The summed E-state index contributed by atoms with van der Waals surface area (Å²) < 4.78 is 29.5. The van der Waals surface area contributed by atoms with Crippen LogP contribution in [0.1, 0.15) is 50.5 Å². The van der Waals surface area contributed by atoms with Gasteiger partial charge in [0.25, 0.3) is 15.9 Å². The zero-order valence-corrected chi connectivity index (χ0v) is 26.2. The first-order chi connectivity index (χ1) is 19.1. The number of nitrogens with zero attached hydrogens (tertiary/aromatic N) is 3. The Labute approximate surface area is 252 Å². The number of carbonyl (C=O) groups is 2.